The largest absolute Gasteiger partial charge is 0.225 e. The van der Waals surface area contributed by atoms with Crippen LogP contribution < -0.4 is 0 Å². The molecule has 0 N–H and O–H groups in total. The summed E-state index contributed by atoms with van der Waals surface area (Å²) in [7, 11) is 0. The van der Waals surface area contributed by atoms with Crippen LogP contribution in [0.1, 0.15) is 26.2 Å². The van der Waals surface area contributed by atoms with Gasteiger partial charge in [0.1, 0.15) is 10.3 Å². The predicted molar refractivity (Wildman–Crippen MR) is 59.4 cm³/mol. The van der Waals surface area contributed by atoms with Crippen molar-refractivity contribution in [2.75, 3.05) is 0 Å². The minimum Gasteiger partial charge on any atom is -0.225 e. The minimum absolute atomic E-state index is 0.225. The molecular weight excluding hydrogens is 205 g/mol. The Morgan fingerprint density at radius 3 is 2.46 bits per heavy atom. The fourth-order valence-corrected chi connectivity index (χ4v) is 1.73. The number of aliphatic imine (C=N–C) groups is 1. The summed E-state index contributed by atoms with van der Waals surface area (Å²) in [4.78, 5) is 3.83. The third kappa shape index (κ3) is 3.53. The standard InChI is InChI=1S/C10H13Cl2N/c1-7(9-4-3-5-9)6-10(12)13-8(2)11/h6,9H,2-5H2,1H3/b7-6+,13-10?. The fourth-order valence-electron chi connectivity index (χ4n) is 1.32. The highest BCUT2D eigenvalue weighted by atomic mass is 35.5. The molecule has 13 heavy (non-hydrogen) atoms. The second-order valence-electron chi connectivity index (χ2n) is 3.33. The van der Waals surface area contributed by atoms with Gasteiger partial charge in [-0.3, -0.25) is 0 Å². The van der Waals surface area contributed by atoms with Crippen LogP contribution in [0.15, 0.2) is 28.4 Å². The average molecular weight is 218 g/mol. The van der Waals surface area contributed by atoms with E-state index in [1.807, 2.05) is 6.08 Å². The predicted octanol–water partition coefficient (Wildman–Crippen LogP) is 4.08. The first-order chi connectivity index (χ1) is 6.09. The van der Waals surface area contributed by atoms with Crippen molar-refractivity contribution in [1.29, 1.82) is 0 Å². The summed E-state index contributed by atoms with van der Waals surface area (Å²) in [5.74, 6) is 0.701. The van der Waals surface area contributed by atoms with Crippen LogP contribution in [0, 0.1) is 5.92 Å². The van der Waals surface area contributed by atoms with Gasteiger partial charge in [0.2, 0.25) is 0 Å². The Kier molecular flexibility index (Phi) is 4.01. The number of halogens is 2. The minimum atomic E-state index is 0.225. The molecule has 0 spiro atoms. The first-order valence-electron chi connectivity index (χ1n) is 4.36. The molecule has 0 saturated heterocycles. The second kappa shape index (κ2) is 4.83. The second-order valence-corrected chi connectivity index (χ2v) is 4.15. The molecule has 0 bridgehead atoms. The highest BCUT2D eigenvalue weighted by Crippen LogP contribution is 2.32. The van der Waals surface area contributed by atoms with Gasteiger partial charge in [-0.15, -0.1) is 0 Å². The highest BCUT2D eigenvalue weighted by molar-refractivity contribution is 6.68. The van der Waals surface area contributed by atoms with Crippen molar-refractivity contribution in [3.8, 4) is 0 Å². The molecule has 1 aliphatic rings. The van der Waals surface area contributed by atoms with Crippen molar-refractivity contribution in [2.24, 2.45) is 10.9 Å². The number of allylic oxidation sites excluding steroid dienone is 2. The SMILES string of the molecule is C=C(Cl)N=C(Cl)/C=C(\C)C1CCC1. The molecule has 1 rings (SSSR count). The normalized spacial score (nSPS) is 19.9. The van der Waals surface area contributed by atoms with Crippen LogP contribution in [-0.4, -0.2) is 5.17 Å². The topological polar surface area (TPSA) is 12.4 Å². The van der Waals surface area contributed by atoms with E-state index >= 15 is 0 Å². The van der Waals surface area contributed by atoms with Crippen molar-refractivity contribution in [3.63, 3.8) is 0 Å². The van der Waals surface area contributed by atoms with Crippen LogP contribution in [0.5, 0.6) is 0 Å². The molecule has 3 heteroatoms. The van der Waals surface area contributed by atoms with E-state index in [0.29, 0.717) is 11.1 Å². The van der Waals surface area contributed by atoms with Gasteiger partial charge >= 0.3 is 0 Å². The van der Waals surface area contributed by atoms with Gasteiger partial charge in [0.15, 0.2) is 0 Å². The fraction of sp³-hybridized carbons (Fsp3) is 0.500. The highest BCUT2D eigenvalue weighted by Gasteiger charge is 2.18. The van der Waals surface area contributed by atoms with Crippen LogP contribution in [-0.2, 0) is 0 Å². The molecule has 0 radical (unpaired) electrons. The summed E-state index contributed by atoms with van der Waals surface area (Å²) in [5, 5.41) is 0.645. The lowest BCUT2D eigenvalue weighted by atomic mass is 9.80. The molecule has 0 atom stereocenters. The van der Waals surface area contributed by atoms with E-state index in [2.05, 4.69) is 18.5 Å². The molecular formula is C10H13Cl2N. The average Bonchev–Trinajstić information content (AvgIpc) is 1.78. The summed E-state index contributed by atoms with van der Waals surface area (Å²) in [6.07, 6.45) is 5.74. The van der Waals surface area contributed by atoms with E-state index in [4.69, 9.17) is 23.2 Å². The van der Waals surface area contributed by atoms with E-state index in [0.717, 1.165) is 0 Å². The van der Waals surface area contributed by atoms with Crippen molar-refractivity contribution >= 4 is 28.4 Å². The van der Waals surface area contributed by atoms with Crippen molar-refractivity contribution < 1.29 is 0 Å². The molecule has 0 unspecified atom stereocenters. The summed E-state index contributed by atoms with van der Waals surface area (Å²) >= 11 is 11.3. The summed E-state index contributed by atoms with van der Waals surface area (Å²) < 4.78 is 0. The Morgan fingerprint density at radius 1 is 1.46 bits per heavy atom. The quantitative estimate of drug-likeness (QED) is 0.500. The Hall–Kier alpha value is -0.270. The van der Waals surface area contributed by atoms with E-state index in [-0.39, 0.29) is 5.16 Å². The van der Waals surface area contributed by atoms with Crippen LogP contribution >= 0.6 is 23.2 Å². The van der Waals surface area contributed by atoms with Crippen molar-refractivity contribution in [3.05, 3.63) is 23.4 Å². The zero-order chi connectivity index (χ0) is 9.84. The molecule has 72 valence electrons. The zero-order valence-electron chi connectivity index (χ0n) is 7.69. The first kappa shape index (κ1) is 10.8. The van der Waals surface area contributed by atoms with Crippen LogP contribution in [0.3, 0.4) is 0 Å². The maximum Gasteiger partial charge on any atom is 0.130 e. The molecule has 0 aliphatic heterocycles. The van der Waals surface area contributed by atoms with Gasteiger partial charge in [-0.2, -0.15) is 0 Å². The lowest BCUT2D eigenvalue weighted by Gasteiger charge is -2.26. The Bertz CT molecular complexity index is 262. The third-order valence-electron chi connectivity index (χ3n) is 2.32. The van der Waals surface area contributed by atoms with Crippen LogP contribution in [0.25, 0.3) is 0 Å². The Morgan fingerprint density at radius 2 is 2.08 bits per heavy atom. The van der Waals surface area contributed by atoms with Crippen molar-refractivity contribution in [1.82, 2.24) is 0 Å². The molecule has 0 aromatic heterocycles. The molecule has 0 amide bonds. The Balaban J connectivity index is 2.57. The summed E-state index contributed by atoms with van der Waals surface area (Å²) in [6, 6.07) is 0. The van der Waals surface area contributed by atoms with Gasteiger partial charge in [0.05, 0.1) is 0 Å². The van der Waals surface area contributed by atoms with Gasteiger partial charge in [0.25, 0.3) is 0 Å². The van der Waals surface area contributed by atoms with Gasteiger partial charge in [-0.25, -0.2) is 4.99 Å². The molecule has 1 aliphatic carbocycles. The van der Waals surface area contributed by atoms with E-state index < -0.39 is 0 Å². The number of hydrogen-bond acceptors (Lipinski definition) is 1. The monoisotopic (exact) mass is 217 g/mol. The lowest BCUT2D eigenvalue weighted by Crippen LogP contribution is -2.12. The summed E-state index contributed by atoms with van der Waals surface area (Å²) in [6.45, 7) is 5.53. The molecule has 0 aromatic rings. The van der Waals surface area contributed by atoms with Crippen LogP contribution in [0.2, 0.25) is 0 Å². The van der Waals surface area contributed by atoms with E-state index in [1.165, 1.54) is 24.8 Å². The number of rotatable bonds is 3. The van der Waals surface area contributed by atoms with Crippen LogP contribution in [0.4, 0.5) is 0 Å². The maximum atomic E-state index is 5.82. The summed E-state index contributed by atoms with van der Waals surface area (Å²) in [5.41, 5.74) is 1.29. The first-order valence-corrected chi connectivity index (χ1v) is 5.12. The van der Waals surface area contributed by atoms with E-state index in [9.17, 15) is 0 Å². The van der Waals surface area contributed by atoms with Gasteiger partial charge in [-0.1, -0.05) is 41.8 Å². The van der Waals surface area contributed by atoms with Gasteiger partial charge in [0, 0.05) is 0 Å². The molecule has 1 nitrogen and oxygen atoms in total. The molecule has 1 fully saturated rings. The smallest absolute Gasteiger partial charge is 0.130 e. The number of hydrogen-bond donors (Lipinski definition) is 0. The van der Waals surface area contributed by atoms with Crippen molar-refractivity contribution in [2.45, 2.75) is 26.2 Å². The van der Waals surface area contributed by atoms with Gasteiger partial charge in [-0.05, 0) is 31.8 Å². The van der Waals surface area contributed by atoms with E-state index in [1.54, 1.807) is 0 Å². The molecule has 0 aromatic carbocycles. The zero-order valence-corrected chi connectivity index (χ0v) is 9.20. The Labute approximate surface area is 89.1 Å². The maximum absolute atomic E-state index is 5.82. The third-order valence-corrected chi connectivity index (χ3v) is 2.60. The molecule has 0 heterocycles. The lowest BCUT2D eigenvalue weighted by molar-refractivity contribution is 0.368. The van der Waals surface area contributed by atoms with Gasteiger partial charge < -0.3 is 0 Å². The molecule has 1 saturated carbocycles. The number of nitrogens with zero attached hydrogens (tertiary/aromatic N) is 1.